The fourth-order valence-corrected chi connectivity index (χ4v) is 6.24. The van der Waals surface area contributed by atoms with Gasteiger partial charge in [0, 0.05) is 25.7 Å². The summed E-state index contributed by atoms with van der Waals surface area (Å²) in [4.78, 5) is 22.6. The number of piperidine rings is 1. The van der Waals surface area contributed by atoms with Gasteiger partial charge in [-0.25, -0.2) is 9.78 Å². The molecule has 0 radical (unpaired) electrons. The van der Waals surface area contributed by atoms with Gasteiger partial charge in [-0.1, -0.05) is 30.1 Å². The van der Waals surface area contributed by atoms with Gasteiger partial charge in [0.1, 0.15) is 17.4 Å². The van der Waals surface area contributed by atoms with Crippen LogP contribution in [0.15, 0.2) is 12.1 Å². The smallest absolute Gasteiger partial charge is 0.405 e. The lowest BCUT2D eigenvalue weighted by molar-refractivity contribution is 0.00147. The highest BCUT2D eigenvalue weighted by molar-refractivity contribution is 6.43. The monoisotopic (exact) mass is 555 g/mol. The number of primary amides is 1. The number of nitrogens with two attached hydrogens (primary N) is 1. The highest BCUT2D eigenvalue weighted by Crippen LogP contribution is 2.42. The summed E-state index contributed by atoms with van der Waals surface area (Å²) in [5.41, 5.74) is 7.02. The van der Waals surface area contributed by atoms with Crippen molar-refractivity contribution in [1.82, 2.24) is 29.9 Å². The zero-order chi connectivity index (χ0) is 27.4. The Kier molecular flexibility index (Phi) is 6.36. The maximum Gasteiger partial charge on any atom is 0.405 e. The molecule has 0 atom stereocenters. The molecule has 1 amide bonds. The second-order valence-electron chi connectivity index (χ2n) is 10.7. The SMILES string of the molecule is Cn1nc(Cl)c2c(Cl)c(-c3n[nH]c4nc(N5CCC(C)(CC(C)(C)OC(N)=O)CC5)nc(C#N)c34)ccc21. The number of nitriles is 1. The molecule has 1 fully saturated rings. The number of fused-ring (bicyclic) bond motifs is 2. The van der Waals surface area contributed by atoms with Gasteiger partial charge in [0.25, 0.3) is 0 Å². The quantitative estimate of drug-likeness (QED) is 0.350. The third kappa shape index (κ3) is 4.59. The minimum atomic E-state index is -0.773. The molecule has 4 aromatic rings. The Morgan fingerprint density at radius 2 is 1.97 bits per heavy atom. The number of hydrogen-bond donors (Lipinski definition) is 2. The molecule has 4 heterocycles. The molecule has 3 aromatic heterocycles. The molecular formula is C25H27Cl2N9O2. The number of H-pyrrole nitrogens is 1. The number of carbonyl (C=O) groups is 1. The summed E-state index contributed by atoms with van der Waals surface area (Å²) in [6.45, 7) is 7.28. The van der Waals surface area contributed by atoms with Crippen molar-refractivity contribution in [2.75, 3.05) is 18.0 Å². The van der Waals surface area contributed by atoms with E-state index in [2.05, 4.69) is 38.2 Å². The molecule has 1 saturated heterocycles. The van der Waals surface area contributed by atoms with Gasteiger partial charge < -0.3 is 15.4 Å². The van der Waals surface area contributed by atoms with Crippen molar-refractivity contribution in [3.05, 3.63) is 28.0 Å². The van der Waals surface area contributed by atoms with Crippen LogP contribution in [0.25, 0.3) is 33.2 Å². The lowest BCUT2D eigenvalue weighted by Gasteiger charge is -2.43. The van der Waals surface area contributed by atoms with Crippen molar-refractivity contribution >= 4 is 57.2 Å². The first-order valence-electron chi connectivity index (χ1n) is 12.1. The van der Waals surface area contributed by atoms with E-state index in [1.54, 1.807) is 11.7 Å². The van der Waals surface area contributed by atoms with E-state index in [0.717, 1.165) is 18.4 Å². The second-order valence-corrected chi connectivity index (χ2v) is 11.4. The third-order valence-corrected chi connectivity index (χ3v) is 7.82. The number of ether oxygens (including phenoxy) is 1. The molecule has 0 saturated carbocycles. The van der Waals surface area contributed by atoms with E-state index in [-0.39, 0.29) is 16.3 Å². The van der Waals surface area contributed by atoms with Gasteiger partial charge >= 0.3 is 6.09 Å². The molecule has 11 nitrogen and oxygen atoms in total. The number of halogens is 2. The van der Waals surface area contributed by atoms with E-state index >= 15 is 0 Å². The van der Waals surface area contributed by atoms with Crippen molar-refractivity contribution in [1.29, 1.82) is 5.26 Å². The highest BCUT2D eigenvalue weighted by atomic mass is 35.5. The lowest BCUT2D eigenvalue weighted by Crippen LogP contribution is -2.44. The predicted molar refractivity (Wildman–Crippen MR) is 145 cm³/mol. The molecule has 38 heavy (non-hydrogen) atoms. The largest absolute Gasteiger partial charge is 0.444 e. The molecule has 0 spiro atoms. The molecule has 1 aromatic carbocycles. The number of hydrogen-bond acceptors (Lipinski definition) is 8. The summed E-state index contributed by atoms with van der Waals surface area (Å²) < 4.78 is 6.96. The molecule has 0 aliphatic carbocycles. The van der Waals surface area contributed by atoms with Crippen LogP contribution in [-0.2, 0) is 11.8 Å². The molecule has 1 aliphatic rings. The van der Waals surface area contributed by atoms with E-state index in [1.165, 1.54) is 0 Å². The summed E-state index contributed by atoms with van der Waals surface area (Å²) >= 11 is 13.1. The van der Waals surface area contributed by atoms with E-state index in [0.29, 0.717) is 58.2 Å². The van der Waals surface area contributed by atoms with Gasteiger partial charge in [-0.05, 0) is 50.7 Å². The molecule has 13 heteroatoms. The van der Waals surface area contributed by atoms with Crippen LogP contribution in [0.2, 0.25) is 10.2 Å². The Morgan fingerprint density at radius 1 is 1.26 bits per heavy atom. The zero-order valence-electron chi connectivity index (χ0n) is 21.5. The number of amides is 1. The number of aryl methyl sites for hydroxylation is 1. The first kappa shape index (κ1) is 26.0. The molecule has 3 N–H and O–H groups in total. The molecule has 0 unspecified atom stereocenters. The van der Waals surface area contributed by atoms with Crippen LogP contribution < -0.4 is 10.6 Å². The fraction of sp³-hybridized carbons (Fsp3) is 0.440. The summed E-state index contributed by atoms with van der Waals surface area (Å²) in [7, 11) is 1.79. The third-order valence-electron chi connectivity index (χ3n) is 7.16. The van der Waals surface area contributed by atoms with Crippen molar-refractivity contribution in [3.8, 4) is 17.3 Å². The van der Waals surface area contributed by atoms with Crippen molar-refractivity contribution in [3.63, 3.8) is 0 Å². The Labute approximate surface area is 228 Å². The van der Waals surface area contributed by atoms with Crippen LogP contribution in [0.5, 0.6) is 0 Å². The molecule has 0 bridgehead atoms. The Bertz CT molecular complexity index is 1610. The van der Waals surface area contributed by atoms with Crippen molar-refractivity contribution in [2.45, 2.75) is 45.6 Å². The number of carbonyl (C=O) groups excluding carboxylic acids is 1. The Hall–Kier alpha value is -3.62. The molecular weight excluding hydrogens is 529 g/mol. The fourth-order valence-electron chi connectivity index (χ4n) is 5.55. The van der Waals surface area contributed by atoms with Crippen LogP contribution in [0.4, 0.5) is 10.7 Å². The van der Waals surface area contributed by atoms with Crippen molar-refractivity contribution in [2.24, 2.45) is 18.2 Å². The zero-order valence-corrected chi connectivity index (χ0v) is 23.0. The number of nitrogens with one attached hydrogen (secondary N) is 1. The number of aromatic amines is 1. The maximum atomic E-state index is 11.3. The second kappa shape index (κ2) is 9.29. The summed E-state index contributed by atoms with van der Waals surface area (Å²) in [6.07, 6.45) is 1.57. The van der Waals surface area contributed by atoms with Crippen LogP contribution in [0, 0.1) is 16.7 Å². The highest BCUT2D eigenvalue weighted by Gasteiger charge is 2.38. The van der Waals surface area contributed by atoms with Gasteiger partial charge in [0.05, 0.1) is 21.3 Å². The van der Waals surface area contributed by atoms with Crippen LogP contribution >= 0.6 is 23.2 Å². The standard InChI is InChI=1S/C25H27Cl2N9O2/c1-24(2,38-22(29)37)12-25(3)7-9-36(10-8-25)23-30-14(11-28)16-19(32-33-21(16)31-23)13-5-6-15-17(18(13)26)20(27)34-35(15)4/h5-6H,7-10,12H2,1-4H3,(H2,29,37)(H,30,31,32,33). The minimum absolute atomic E-state index is 0.0538. The average Bonchev–Trinajstić information content (AvgIpc) is 3.38. The first-order chi connectivity index (χ1) is 17.9. The van der Waals surface area contributed by atoms with Crippen LogP contribution in [0.1, 0.15) is 45.7 Å². The van der Waals surface area contributed by atoms with Gasteiger partial charge in [-0.2, -0.15) is 20.4 Å². The Balaban J connectivity index is 1.45. The normalized spacial score (nSPS) is 15.7. The average molecular weight is 556 g/mol. The molecule has 198 valence electrons. The topological polar surface area (TPSA) is 152 Å². The Morgan fingerprint density at radius 3 is 2.63 bits per heavy atom. The first-order valence-corrected chi connectivity index (χ1v) is 12.9. The van der Waals surface area contributed by atoms with Gasteiger partial charge in [-0.3, -0.25) is 9.78 Å². The number of rotatable bonds is 5. The van der Waals surface area contributed by atoms with E-state index in [1.807, 2.05) is 26.0 Å². The lowest BCUT2D eigenvalue weighted by atomic mass is 9.73. The molecule has 5 rings (SSSR count). The van der Waals surface area contributed by atoms with E-state index in [9.17, 15) is 10.1 Å². The number of anilines is 1. The van der Waals surface area contributed by atoms with Gasteiger partial charge in [-0.15, -0.1) is 0 Å². The summed E-state index contributed by atoms with van der Waals surface area (Å²) in [5, 5.41) is 23.4. The number of nitrogens with zero attached hydrogens (tertiary/aromatic N) is 7. The van der Waals surface area contributed by atoms with Crippen molar-refractivity contribution < 1.29 is 9.53 Å². The summed E-state index contributed by atoms with van der Waals surface area (Å²) in [5.74, 6) is 0.454. The van der Waals surface area contributed by atoms with Gasteiger partial charge in [0.2, 0.25) is 5.95 Å². The van der Waals surface area contributed by atoms with Gasteiger partial charge in [0.15, 0.2) is 16.5 Å². The van der Waals surface area contributed by atoms with E-state index < -0.39 is 11.7 Å². The molecule has 1 aliphatic heterocycles. The minimum Gasteiger partial charge on any atom is -0.444 e. The number of aromatic nitrogens is 6. The maximum absolute atomic E-state index is 11.3. The summed E-state index contributed by atoms with van der Waals surface area (Å²) in [6, 6.07) is 5.88. The van der Waals surface area contributed by atoms with Crippen LogP contribution in [0.3, 0.4) is 0 Å². The van der Waals surface area contributed by atoms with Crippen LogP contribution in [-0.4, -0.2) is 54.7 Å². The number of benzene rings is 1. The van der Waals surface area contributed by atoms with E-state index in [4.69, 9.17) is 38.7 Å². The predicted octanol–water partition coefficient (Wildman–Crippen LogP) is 4.96.